The Morgan fingerprint density at radius 2 is 2.17 bits per heavy atom. The molecule has 3 amide bonds. The molecule has 3 rings (SSSR count). The van der Waals surface area contributed by atoms with Crippen LogP contribution in [0.1, 0.15) is 16.7 Å². The fraction of sp³-hybridized carbons (Fsp3) is 0.571. The van der Waals surface area contributed by atoms with Crippen LogP contribution in [-0.2, 0) is 9.59 Å². The van der Waals surface area contributed by atoms with Crippen LogP contribution in [0.4, 0.5) is 0 Å². The normalized spacial score (nSPS) is 27.9. The number of aromatic nitrogens is 1. The van der Waals surface area contributed by atoms with Crippen molar-refractivity contribution in [2.75, 3.05) is 27.2 Å². The Balaban J connectivity index is 1.96. The lowest BCUT2D eigenvalue weighted by molar-refractivity contribution is -0.161. The lowest BCUT2D eigenvalue weighted by Gasteiger charge is -2.51. The van der Waals surface area contributed by atoms with Crippen LogP contribution in [-0.4, -0.2) is 82.8 Å². The van der Waals surface area contributed by atoms with E-state index in [1.54, 1.807) is 42.4 Å². The van der Waals surface area contributed by atoms with Gasteiger partial charge in [0.15, 0.2) is 5.01 Å². The second-order valence-electron chi connectivity index (χ2n) is 5.92. The molecule has 8 nitrogen and oxygen atoms in total. The van der Waals surface area contributed by atoms with Crippen molar-refractivity contribution in [2.24, 2.45) is 0 Å². The summed E-state index contributed by atoms with van der Waals surface area (Å²) in [5, 5.41) is 4.90. The van der Waals surface area contributed by atoms with Gasteiger partial charge >= 0.3 is 0 Å². The summed E-state index contributed by atoms with van der Waals surface area (Å²) in [5.74, 6) is -0.529. The van der Waals surface area contributed by atoms with Gasteiger partial charge in [-0.1, -0.05) is 0 Å². The third-order valence-electron chi connectivity index (χ3n) is 4.35. The molecule has 3 atom stereocenters. The number of thiazole rings is 1. The lowest BCUT2D eigenvalue weighted by Crippen LogP contribution is -2.74. The van der Waals surface area contributed by atoms with Crippen LogP contribution in [0, 0.1) is 0 Å². The third-order valence-corrected chi connectivity index (χ3v) is 5.11. The van der Waals surface area contributed by atoms with E-state index < -0.39 is 18.2 Å². The molecule has 2 saturated heterocycles. The van der Waals surface area contributed by atoms with Gasteiger partial charge in [0.2, 0.25) is 11.8 Å². The van der Waals surface area contributed by atoms with E-state index in [9.17, 15) is 14.4 Å². The average molecular weight is 337 g/mol. The molecule has 2 fully saturated rings. The highest BCUT2D eigenvalue weighted by molar-refractivity contribution is 7.11. The van der Waals surface area contributed by atoms with Gasteiger partial charge in [-0.25, -0.2) is 4.98 Å². The summed E-state index contributed by atoms with van der Waals surface area (Å²) in [6.07, 6.45) is 1.11. The SMILES string of the molecule is C[C@H]1C(=O)NCC2N(C(=O)c3nccs3)C[C@H](N(C)C)C(=O)N21. The molecule has 1 unspecified atom stereocenters. The molecule has 1 aromatic rings. The monoisotopic (exact) mass is 337 g/mol. The Morgan fingerprint density at radius 1 is 1.43 bits per heavy atom. The summed E-state index contributed by atoms with van der Waals surface area (Å²) in [4.78, 5) is 46.5. The van der Waals surface area contributed by atoms with Crippen molar-refractivity contribution >= 4 is 29.1 Å². The number of rotatable bonds is 2. The van der Waals surface area contributed by atoms with E-state index in [1.807, 2.05) is 0 Å². The summed E-state index contributed by atoms with van der Waals surface area (Å²) in [7, 11) is 3.59. The topological polar surface area (TPSA) is 85.9 Å². The second kappa shape index (κ2) is 5.89. The van der Waals surface area contributed by atoms with E-state index in [-0.39, 0.29) is 30.8 Å². The van der Waals surface area contributed by atoms with E-state index in [4.69, 9.17) is 0 Å². The summed E-state index contributed by atoms with van der Waals surface area (Å²) in [6.45, 7) is 2.21. The minimum absolute atomic E-state index is 0.120. The van der Waals surface area contributed by atoms with Crippen LogP contribution < -0.4 is 5.32 Å². The van der Waals surface area contributed by atoms with Gasteiger partial charge in [-0.3, -0.25) is 19.3 Å². The van der Waals surface area contributed by atoms with Crippen molar-refractivity contribution in [3.63, 3.8) is 0 Å². The number of nitrogens with one attached hydrogen (secondary N) is 1. The number of likely N-dealkylation sites (N-methyl/N-ethyl adjacent to an activating group) is 1. The Bertz CT molecular complexity index is 632. The number of nitrogens with zero attached hydrogens (tertiary/aromatic N) is 4. The first kappa shape index (κ1) is 15.9. The number of carbonyl (C=O) groups excluding carboxylic acids is 3. The molecule has 3 heterocycles. The number of fused-ring (bicyclic) bond motifs is 1. The van der Waals surface area contributed by atoms with E-state index in [1.165, 1.54) is 16.2 Å². The Labute approximate surface area is 138 Å². The third kappa shape index (κ3) is 2.59. The highest BCUT2D eigenvalue weighted by atomic mass is 32.1. The molecular weight excluding hydrogens is 318 g/mol. The Morgan fingerprint density at radius 3 is 2.78 bits per heavy atom. The largest absolute Gasteiger partial charge is 0.350 e. The molecule has 1 N–H and O–H groups in total. The van der Waals surface area contributed by atoms with Crippen molar-refractivity contribution < 1.29 is 14.4 Å². The van der Waals surface area contributed by atoms with E-state index >= 15 is 0 Å². The number of piperazine rings is 1. The van der Waals surface area contributed by atoms with Gasteiger partial charge in [0.05, 0.1) is 6.54 Å². The van der Waals surface area contributed by atoms with Crippen molar-refractivity contribution in [1.82, 2.24) is 25.0 Å². The molecule has 9 heteroatoms. The van der Waals surface area contributed by atoms with Crippen LogP contribution in [0.5, 0.6) is 0 Å². The highest BCUT2D eigenvalue weighted by Crippen LogP contribution is 2.25. The molecule has 0 bridgehead atoms. The zero-order chi connectivity index (χ0) is 16.7. The summed E-state index contributed by atoms with van der Waals surface area (Å²) in [5.41, 5.74) is 0. The zero-order valence-corrected chi connectivity index (χ0v) is 14.0. The molecule has 0 aliphatic carbocycles. The minimum atomic E-state index is -0.601. The van der Waals surface area contributed by atoms with Crippen molar-refractivity contribution in [3.8, 4) is 0 Å². The first-order chi connectivity index (χ1) is 10.9. The molecule has 23 heavy (non-hydrogen) atoms. The first-order valence-corrected chi connectivity index (χ1v) is 8.26. The van der Waals surface area contributed by atoms with Gasteiger partial charge in [-0.15, -0.1) is 11.3 Å². The quantitative estimate of drug-likeness (QED) is 0.764. The zero-order valence-electron chi connectivity index (χ0n) is 13.2. The Hall–Kier alpha value is -2.00. The van der Waals surface area contributed by atoms with Crippen LogP contribution in [0.3, 0.4) is 0 Å². The van der Waals surface area contributed by atoms with Crippen molar-refractivity contribution in [3.05, 3.63) is 16.6 Å². The average Bonchev–Trinajstić information content (AvgIpc) is 3.04. The summed E-state index contributed by atoms with van der Waals surface area (Å²) < 4.78 is 0. The summed E-state index contributed by atoms with van der Waals surface area (Å²) >= 11 is 1.27. The predicted molar refractivity (Wildman–Crippen MR) is 83.7 cm³/mol. The molecule has 2 aliphatic heterocycles. The van der Waals surface area contributed by atoms with E-state index in [0.717, 1.165) is 0 Å². The molecule has 0 radical (unpaired) electrons. The van der Waals surface area contributed by atoms with E-state index in [2.05, 4.69) is 10.3 Å². The maximum absolute atomic E-state index is 12.8. The molecule has 124 valence electrons. The number of hydrogen-bond acceptors (Lipinski definition) is 6. The summed E-state index contributed by atoms with van der Waals surface area (Å²) in [6, 6.07) is -1.07. The molecule has 2 aliphatic rings. The minimum Gasteiger partial charge on any atom is -0.350 e. The van der Waals surface area contributed by atoms with Crippen LogP contribution >= 0.6 is 11.3 Å². The Kier molecular flexibility index (Phi) is 4.07. The standard InChI is InChI=1S/C14H19N5O3S/c1-8-11(20)16-6-10-18(14(22)12-15-4-5-23-12)7-9(17(2)3)13(21)19(8)10/h4-5,8-10H,6-7H2,1-3H3,(H,16,20)/t8-,9-,10?/m0/s1. The number of carbonyl (C=O) groups is 3. The van der Waals surface area contributed by atoms with E-state index in [0.29, 0.717) is 5.01 Å². The van der Waals surface area contributed by atoms with Crippen LogP contribution in [0.15, 0.2) is 11.6 Å². The van der Waals surface area contributed by atoms with Gasteiger partial charge < -0.3 is 15.1 Å². The number of amides is 3. The molecule has 0 spiro atoms. The van der Waals surface area contributed by atoms with Crippen LogP contribution in [0.25, 0.3) is 0 Å². The molecule has 0 aromatic carbocycles. The van der Waals surface area contributed by atoms with Crippen molar-refractivity contribution in [2.45, 2.75) is 25.2 Å². The smallest absolute Gasteiger partial charge is 0.284 e. The number of hydrogen-bond donors (Lipinski definition) is 1. The molecule has 1 aromatic heterocycles. The van der Waals surface area contributed by atoms with Gasteiger partial charge in [0.1, 0.15) is 18.2 Å². The van der Waals surface area contributed by atoms with Gasteiger partial charge in [-0.2, -0.15) is 0 Å². The highest BCUT2D eigenvalue weighted by Gasteiger charge is 2.49. The second-order valence-corrected chi connectivity index (χ2v) is 6.82. The predicted octanol–water partition coefficient (Wildman–Crippen LogP) is -0.798. The van der Waals surface area contributed by atoms with Crippen LogP contribution in [0.2, 0.25) is 0 Å². The molecular formula is C14H19N5O3S. The van der Waals surface area contributed by atoms with Gasteiger partial charge in [0, 0.05) is 18.1 Å². The van der Waals surface area contributed by atoms with Crippen molar-refractivity contribution in [1.29, 1.82) is 0 Å². The fourth-order valence-corrected chi connectivity index (χ4v) is 3.62. The maximum atomic E-state index is 12.8. The van der Waals surface area contributed by atoms with Gasteiger partial charge in [0.25, 0.3) is 5.91 Å². The maximum Gasteiger partial charge on any atom is 0.284 e. The van der Waals surface area contributed by atoms with Gasteiger partial charge in [-0.05, 0) is 21.0 Å². The first-order valence-electron chi connectivity index (χ1n) is 7.38. The lowest BCUT2D eigenvalue weighted by atomic mass is 10.0. The fourth-order valence-electron chi connectivity index (χ4n) is 3.03. The molecule has 0 saturated carbocycles.